The Balaban J connectivity index is 3.95. The first-order valence-corrected chi connectivity index (χ1v) is 5.12. The lowest BCUT2D eigenvalue weighted by Gasteiger charge is -2.23. The van der Waals surface area contributed by atoms with E-state index in [-0.39, 0.29) is 0 Å². The second-order valence-corrected chi connectivity index (χ2v) is 4.84. The molecule has 0 spiro atoms. The Labute approximate surface area is 78.1 Å². The van der Waals surface area contributed by atoms with Gasteiger partial charge in [-0.1, -0.05) is 46.3 Å². The molecule has 1 unspecified atom stereocenters. The van der Waals surface area contributed by atoms with Crippen LogP contribution in [0.3, 0.4) is 0 Å². The van der Waals surface area contributed by atoms with Gasteiger partial charge in [-0.3, -0.25) is 0 Å². The molecule has 0 N–H and O–H groups in total. The summed E-state index contributed by atoms with van der Waals surface area (Å²) in [6, 6.07) is 0. The van der Waals surface area contributed by atoms with Crippen LogP contribution in [0.1, 0.15) is 53.9 Å². The van der Waals surface area contributed by atoms with Crippen molar-refractivity contribution in [3.8, 4) is 0 Å². The smallest absolute Gasteiger partial charge is 0.0229 e. The van der Waals surface area contributed by atoms with Crippen molar-refractivity contribution < 1.29 is 0 Å². The van der Waals surface area contributed by atoms with Crippen molar-refractivity contribution in [3.05, 3.63) is 12.2 Å². The molecule has 0 aliphatic heterocycles. The monoisotopic (exact) mass is 168 g/mol. The fourth-order valence-corrected chi connectivity index (χ4v) is 1.70. The lowest BCUT2D eigenvalue weighted by Crippen LogP contribution is -2.11. The zero-order valence-corrected chi connectivity index (χ0v) is 9.35. The van der Waals surface area contributed by atoms with E-state index in [1.165, 1.54) is 19.3 Å². The van der Waals surface area contributed by atoms with E-state index in [1.807, 2.05) is 0 Å². The molecule has 0 radical (unpaired) electrons. The molecule has 0 amide bonds. The Hall–Kier alpha value is -0.260. The zero-order chi connectivity index (χ0) is 9.61. The second-order valence-electron chi connectivity index (χ2n) is 4.84. The molecule has 0 bridgehead atoms. The zero-order valence-electron chi connectivity index (χ0n) is 9.35. The molecule has 0 saturated heterocycles. The number of hydrogen-bond acceptors (Lipinski definition) is 0. The van der Waals surface area contributed by atoms with Gasteiger partial charge in [0.2, 0.25) is 0 Å². The topological polar surface area (TPSA) is 0 Å². The summed E-state index contributed by atoms with van der Waals surface area (Å²) < 4.78 is 0. The first-order valence-electron chi connectivity index (χ1n) is 5.12. The number of allylic oxidation sites excluding steroid dienone is 2. The molecule has 0 aliphatic carbocycles. The van der Waals surface area contributed by atoms with Gasteiger partial charge in [-0.15, -0.1) is 0 Å². The molecular formula is C12H24. The van der Waals surface area contributed by atoms with Crippen LogP contribution in [0.15, 0.2) is 12.2 Å². The van der Waals surface area contributed by atoms with Gasteiger partial charge in [-0.2, -0.15) is 0 Å². The summed E-state index contributed by atoms with van der Waals surface area (Å²) in [5.74, 6) is 0.792. The van der Waals surface area contributed by atoms with Crippen molar-refractivity contribution in [2.24, 2.45) is 11.3 Å². The van der Waals surface area contributed by atoms with Crippen molar-refractivity contribution in [2.45, 2.75) is 53.9 Å². The predicted octanol–water partition coefficient (Wildman–Crippen LogP) is 4.42. The Kier molecular flexibility index (Phi) is 5.28. The van der Waals surface area contributed by atoms with Gasteiger partial charge in [0.15, 0.2) is 0 Å². The van der Waals surface area contributed by atoms with E-state index in [0.29, 0.717) is 5.41 Å². The van der Waals surface area contributed by atoms with E-state index in [9.17, 15) is 0 Å². The maximum atomic E-state index is 2.36. The summed E-state index contributed by atoms with van der Waals surface area (Å²) in [5, 5.41) is 0. The highest BCUT2D eigenvalue weighted by molar-refractivity contribution is 4.87. The van der Waals surface area contributed by atoms with Gasteiger partial charge in [0, 0.05) is 0 Å². The Morgan fingerprint density at radius 1 is 1.25 bits per heavy atom. The largest absolute Gasteiger partial charge is 0.0914 e. The van der Waals surface area contributed by atoms with Gasteiger partial charge in [0.05, 0.1) is 0 Å². The van der Waals surface area contributed by atoms with E-state index in [1.54, 1.807) is 0 Å². The minimum absolute atomic E-state index is 0.472. The second kappa shape index (κ2) is 5.40. The van der Waals surface area contributed by atoms with E-state index < -0.39 is 0 Å². The molecule has 0 nitrogen and oxygen atoms in total. The standard InChI is InChI=1S/C12H24/c1-6-8-11(9-7-2)10-12(3,4)5/h6,8,11H,7,9-10H2,1-5H3/b8-6-. The summed E-state index contributed by atoms with van der Waals surface area (Å²) in [7, 11) is 0. The molecular weight excluding hydrogens is 144 g/mol. The third kappa shape index (κ3) is 6.45. The lowest BCUT2D eigenvalue weighted by atomic mass is 9.83. The summed E-state index contributed by atoms with van der Waals surface area (Å²) in [4.78, 5) is 0. The van der Waals surface area contributed by atoms with Crippen molar-refractivity contribution in [1.82, 2.24) is 0 Å². The van der Waals surface area contributed by atoms with Crippen LogP contribution in [-0.2, 0) is 0 Å². The Morgan fingerprint density at radius 3 is 2.17 bits per heavy atom. The maximum absolute atomic E-state index is 2.36. The molecule has 72 valence electrons. The van der Waals surface area contributed by atoms with Gasteiger partial charge in [0.1, 0.15) is 0 Å². The lowest BCUT2D eigenvalue weighted by molar-refractivity contribution is 0.315. The molecule has 0 aliphatic rings. The quantitative estimate of drug-likeness (QED) is 0.545. The summed E-state index contributed by atoms with van der Waals surface area (Å²) in [6.45, 7) is 11.3. The molecule has 0 heterocycles. The van der Waals surface area contributed by atoms with Gasteiger partial charge in [0.25, 0.3) is 0 Å². The third-order valence-electron chi connectivity index (χ3n) is 2.00. The maximum Gasteiger partial charge on any atom is -0.0229 e. The first-order chi connectivity index (χ1) is 5.49. The van der Waals surface area contributed by atoms with Crippen LogP contribution in [-0.4, -0.2) is 0 Å². The minimum Gasteiger partial charge on any atom is -0.0914 e. The molecule has 1 atom stereocenters. The molecule has 0 heteroatoms. The third-order valence-corrected chi connectivity index (χ3v) is 2.00. The van der Waals surface area contributed by atoms with Gasteiger partial charge < -0.3 is 0 Å². The predicted molar refractivity (Wildman–Crippen MR) is 57.3 cm³/mol. The number of hydrogen-bond donors (Lipinski definition) is 0. The van der Waals surface area contributed by atoms with E-state index in [4.69, 9.17) is 0 Å². The SMILES string of the molecule is C/C=C\C(CCC)CC(C)(C)C. The molecule has 0 aromatic heterocycles. The summed E-state index contributed by atoms with van der Waals surface area (Å²) >= 11 is 0. The van der Waals surface area contributed by atoms with Crippen molar-refractivity contribution in [2.75, 3.05) is 0 Å². The fraction of sp³-hybridized carbons (Fsp3) is 0.833. The van der Waals surface area contributed by atoms with Crippen LogP contribution < -0.4 is 0 Å². The highest BCUT2D eigenvalue weighted by Gasteiger charge is 2.15. The molecule has 0 saturated carbocycles. The molecule has 0 fully saturated rings. The van der Waals surface area contributed by atoms with Crippen LogP contribution >= 0.6 is 0 Å². The molecule has 0 aromatic rings. The van der Waals surface area contributed by atoms with E-state index >= 15 is 0 Å². The summed E-state index contributed by atoms with van der Waals surface area (Å²) in [6.07, 6.45) is 8.48. The minimum atomic E-state index is 0.472. The van der Waals surface area contributed by atoms with Crippen LogP contribution in [0.4, 0.5) is 0 Å². The van der Waals surface area contributed by atoms with Gasteiger partial charge >= 0.3 is 0 Å². The van der Waals surface area contributed by atoms with Crippen molar-refractivity contribution >= 4 is 0 Å². The Bertz CT molecular complexity index is 125. The molecule has 12 heavy (non-hydrogen) atoms. The average Bonchev–Trinajstić information content (AvgIpc) is 1.84. The normalized spacial score (nSPS) is 15.4. The van der Waals surface area contributed by atoms with Crippen LogP contribution in [0, 0.1) is 11.3 Å². The average molecular weight is 168 g/mol. The van der Waals surface area contributed by atoms with Crippen LogP contribution in [0.25, 0.3) is 0 Å². The van der Waals surface area contributed by atoms with Gasteiger partial charge in [-0.25, -0.2) is 0 Å². The first kappa shape index (κ1) is 11.7. The number of rotatable bonds is 4. The van der Waals surface area contributed by atoms with Crippen molar-refractivity contribution in [1.29, 1.82) is 0 Å². The van der Waals surface area contributed by atoms with Crippen LogP contribution in [0.5, 0.6) is 0 Å². The Morgan fingerprint density at radius 2 is 1.83 bits per heavy atom. The van der Waals surface area contributed by atoms with Crippen LogP contribution in [0.2, 0.25) is 0 Å². The highest BCUT2D eigenvalue weighted by Crippen LogP contribution is 2.27. The van der Waals surface area contributed by atoms with Crippen molar-refractivity contribution in [3.63, 3.8) is 0 Å². The van der Waals surface area contributed by atoms with E-state index in [0.717, 1.165) is 5.92 Å². The van der Waals surface area contributed by atoms with E-state index in [2.05, 4.69) is 46.8 Å². The summed E-state index contributed by atoms with van der Waals surface area (Å²) in [5.41, 5.74) is 0.472. The van der Waals surface area contributed by atoms with Gasteiger partial charge in [-0.05, 0) is 31.1 Å². The molecule has 0 aromatic carbocycles. The highest BCUT2D eigenvalue weighted by atomic mass is 14.2. The molecule has 0 rings (SSSR count). The fourth-order valence-electron chi connectivity index (χ4n) is 1.70.